The molecule has 27 heavy (non-hydrogen) atoms. The second-order valence-electron chi connectivity index (χ2n) is 5.91. The molecule has 0 bridgehead atoms. The zero-order valence-corrected chi connectivity index (χ0v) is 16.9. The predicted molar refractivity (Wildman–Crippen MR) is 109 cm³/mol. The summed E-state index contributed by atoms with van der Waals surface area (Å²) in [4.78, 5) is 25.4. The SMILES string of the molecule is C=C[C@H](C(=O)c1cccc(OC)c1)[C@@H](C(=C)C(=O)OC)c1cccc(Br)c1. The Morgan fingerprint density at radius 2 is 1.81 bits per heavy atom. The highest BCUT2D eigenvalue weighted by Crippen LogP contribution is 2.36. The normalized spacial score (nSPS) is 12.6. The van der Waals surface area contributed by atoms with Crippen LogP contribution in [-0.4, -0.2) is 26.0 Å². The molecule has 5 heteroatoms. The molecule has 0 aromatic heterocycles. The Morgan fingerprint density at radius 1 is 1.11 bits per heavy atom. The maximum atomic E-state index is 13.2. The minimum absolute atomic E-state index is 0.182. The van der Waals surface area contributed by atoms with Gasteiger partial charge in [0.25, 0.3) is 0 Å². The van der Waals surface area contributed by atoms with Crippen molar-refractivity contribution in [3.8, 4) is 5.75 Å². The molecule has 0 heterocycles. The average molecular weight is 429 g/mol. The van der Waals surface area contributed by atoms with Crippen LogP contribution in [0.2, 0.25) is 0 Å². The molecule has 0 radical (unpaired) electrons. The first-order chi connectivity index (χ1) is 12.9. The van der Waals surface area contributed by atoms with Crippen LogP contribution in [0.1, 0.15) is 21.8 Å². The van der Waals surface area contributed by atoms with Gasteiger partial charge >= 0.3 is 5.97 Å². The van der Waals surface area contributed by atoms with Crippen molar-refractivity contribution < 1.29 is 19.1 Å². The fraction of sp³-hybridized carbons (Fsp3) is 0.182. The van der Waals surface area contributed by atoms with Gasteiger partial charge in [-0.3, -0.25) is 4.79 Å². The summed E-state index contributed by atoms with van der Waals surface area (Å²) in [6.45, 7) is 7.73. The number of ketones is 1. The van der Waals surface area contributed by atoms with Gasteiger partial charge in [0.1, 0.15) is 5.75 Å². The number of esters is 1. The molecule has 0 aliphatic carbocycles. The highest BCUT2D eigenvalue weighted by Gasteiger charge is 2.33. The van der Waals surface area contributed by atoms with E-state index in [2.05, 4.69) is 29.1 Å². The van der Waals surface area contributed by atoms with Gasteiger partial charge in [0.15, 0.2) is 5.78 Å². The van der Waals surface area contributed by atoms with Gasteiger partial charge in [0.05, 0.1) is 20.1 Å². The number of allylic oxidation sites excluding steroid dienone is 1. The molecule has 0 amide bonds. The molecule has 4 nitrogen and oxygen atoms in total. The Kier molecular flexibility index (Phi) is 7.13. The van der Waals surface area contributed by atoms with E-state index >= 15 is 0 Å². The lowest BCUT2D eigenvalue weighted by Crippen LogP contribution is -2.25. The second-order valence-corrected chi connectivity index (χ2v) is 6.82. The molecule has 0 fully saturated rings. The van der Waals surface area contributed by atoms with E-state index in [4.69, 9.17) is 9.47 Å². The maximum absolute atomic E-state index is 13.2. The summed E-state index contributed by atoms with van der Waals surface area (Å²) in [7, 11) is 2.83. The topological polar surface area (TPSA) is 52.6 Å². The van der Waals surface area contributed by atoms with E-state index in [-0.39, 0.29) is 11.4 Å². The van der Waals surface area contributed by atoms with Crippen molar-refractivity contribution in [2.45, 2.75) is 5.92 Å². The minimum Gasteiger partial charge on any atom is -0.497 e. The second kappa shape index (κ2) is 9.33. The highest BCUT2D eigenvalue weighted by molar-refractivity contribution is 9.10. The van der Waals surface area contributed by atoms with Crippen molar-refractivity contribution in [2.24, 2.45) is 5.92 Å². The van der Waals surface area contributed by atoms with Crippen LogP contribution < -0.4 is 4.74 Å². The molecule has 2 aromatic carbocycles. The van der Waals surface area contributed by atoms with Crippen molar-refractivity contribution >= 4 is 27.7 Å². The number of Topliss-reactive ketones (excluding diaryl/α,β-unsaturated/α-hetero) is 1. The van der Waals surface area contributed by atoms with Gasteiger partial charge in [0, 0.05) is 21.5 Å². The van der Waals surface area contributed by atoms with Crippen LogP contribution >= 0.6 is 15.9 Å². The molecular weight excluding hydrogens is 408 g/mol. The van der Waals surface area contributed by atoms with Crippen molar-refractivity contribution in [1.82, 2.24) is 0 Å². The van der Waals surface area contributed by atoms with E-state index in [0.29, 0.717) is 11.3 Å². The molecule has 2 rings (SSSR count). The minimum atomic E-state index is -0.696. The van der Waals surface area contributed by atoms with Gasteiger partial charge in [-0.15, -0.1) is 6.58 Å². The molecule has 0 saturated heterocycles. The quantitative estimate of drug-likeness (QED) is 0.258. The number of methoxy groups -OCH3 is 2. The number of carbonyl (C=O) groups excluding carboxylic acids is 2. The Labute approximate surface area is 167 Å². The van der Waals surface area contributed by atoms with Crippen LogP contribution in [0.4, 0.5) is 0 Å². The van der Waals surface area contributed by atoms with Crippen molar-refractivity contribution in [3.05, 3.63) is 88.9 Å². The van der Waals surface area contributed by atoms with E-state index in [9.17, 15) is 9.59 Å². The van der Waals surface area contributed by atoms with Gasteiger partial charge in [-0.2, -0.15) is 0 Å². The molecule has 140 valence electrons. The third-order valence-corrected chi connectivity index (χ3v) is 4.79. The van der Waals surface area contributed by atoms with Crippen molar-refractivity contribution in [1.29, 1.82) is 0 Å². The van der Waals surface area contributed by atoms with Crippen LogP contribution in [0.15, 0.2) is 77.8 Å². The molecule has 2 aromatic rings. The van der Waals surface area contributed by atoms with E-state index < -0.39 is 17.8 Å². The first-order valence-electron chi connectivity index (χ1n) is 8.26. The fourth-order valence-corrected chi connectivity index (χ4v) is 3.36. The fourth-order valence-electron chi connectivity index (χ4n) is 2.95. The Bertz CT molecular complexity index is 872. The lowest BCUT2D eigenvalue weighted by Gasteiger charge is -2.25. The summed E-state index contributed by atoms with van der Waals surface area (Å²) in [6.07, 6.45) is 1.54. The van der Waals surface area contributed by atoms with Crippen LogP contribution in [0.5, 0.6) is 5.75 Å². The Hall–Kier alpha value is -2.66. The molecule has 0 aliphatic heterocycles. The highest BCUT2D eigenvalue weighted by atomic mass is 79.9. The summed E-state index contributed by atoms with van der Waals surface area (Å²) < 4.78 is 10.9. The van der Waals surface area contributed by atoms with Crippen LogP contribution in [0, 0.1) is 5.92 Å². The van der Waals surface area contributed by atoms with E-state index in [1.54, 1.807) is 30.3 Å². The number of ether oxygens (including phenoxy) is 2. The lowest BCUT2D eigenvalue weighted by atomic mass is 9.77. The van der Waals surface area contributed by atoms with Crippen molar-refractivity contribution in [3.63, 3.8) is 0 Å². The average Bonchev–Trinajstić information content (AvgIpc) is 2.70. The number of hydrogen-bond donors (Lipinski definition) is 0. The standard InChI is InChI=1S/C22H21BrO4/c1-5-19(21(24)16-9-7-11-18(13-16)26-3)20(14(2)22(25)27-4)15-8-6-10-17(23)12-15/h5-13,19-20H,1-2H2,3-4H3/t19-,20-/m0/s1. The van der Waals surface area contributed by atoms with Gasteiger partial charge in [-0.1, -0.05) is 52.9 Å². The number of hydrogen-bond acceptors (Lipinski definition) is 4. The zero-order valence-electron chi connectivity index (χ0n) is 15.3. The largest absolute Gasteiger partial charge is 0.497 e. The molecule has 0 saturated carbocycles. The first-order valence-corrected chi connectivity index (χ1v) is 9.05. The molecule has 0 spiro atoms. The first kappa shape index (κ1) is 20.6. The van der Waals surface area contributed by atoms with Crippen LogP contribution in [0.3, 0.4) is 0 Å². The number of halogens is 1. The van der Waals surface area contributed by atoms with Crippen molar-refractivity contribution in [2.75, 3.05) is 14.2 Å². The summed E-state index contributed by atoms with van der Waals surface area (Å²) in [5.74, 6) is -1.47. The molecular formula is C22H21BrO4. The maximum Gasteiger partial charge on any atom is 0.333 e. The number of rotatable bonds is 8. The monoisotopic (exact) mass is 428 g/mol. The molecule has 0 unspecified atom stereocenters. The van der Waals surface area contributed by atoms with Gasteiger partial charge in [0.2, 0.25) is 0 Å². The number of benzene rings is 2. The Balaban J connectivity index is 2.53. The summed E-state index contributed by atoms with van der Waals surface area (Å²) in [5.41, 5.74) is 1.43. The molecule has 2 atom stereocenters. The van der Waals surface area contributed by atoms with Gasteiger partial charge in [-0.05, 0) is 29.8 Å². The third kappa shape index (κ3) is 4.74. The lowest BCUT2D eigenvalue weighted by molar-refractivity contribution is -0.136. The van der Waals surface area contributed by atoms with E-state index in [0.717, 1.165) is 10.0 Å². The predicted octanol–water partition coefficient (Wildman–Crippen LogP) is 4.96. The van der Waals surface area contributed by atoms with Crippen LogP contribution in [0.25, 0.3) is 0 Å². The third-order valence-electron chi connectivity index (χ3n) is 4.30. The van der Waals surface area contributed by atoms with Crippen LogP contribution in [-0.2, 0) is 9.53 Å². The summed E-state index contributed by atoms with van der Waals surface area (Å²) >= 11 is 3.43. The molecule has 0 N–H and O–H groups in total. The number of carbonyl (C=O) groups is 2. The van der Waals surface area contributed by atoms with E-state index in [1.807, 2.05) is 24.3 Å². The molecule has 0 aliphatic rings. The summed E-state index contributed by atoms with van der Waals surface area (Å²) in [5, 5.41) is 0. The Morgan fingerprint density at radius 3 is 2.41 bits per heavy atom. The summed E-state index contributed by atoms with van der Waals surface area (Å²) in [6, 6.07) is 14.3. The smallest absolute Gasteiger partial charge is 0.333 e. The van der Waals surface area contributed by atoms with Gasteiger partial charge in [-0.25, -0.2) is 4.79 Å². The van der Waals surface area contributed by atoms with Gasteiger partial charge < -0.3 is 9.47 Å². The van der Waals surface area contributed by atoms with E-state index in [1.165, 1.54) is 14.2 Å². The zero-order chi connectivity index (χ0) is 20.0.